The summed E-state index contributed by atoms with van der Waals surface area (Å²) in [5.74, 6) is 1.54. The Balaban J connectivity index is 2.08. The molecule has 3 rings (SSSR count). The molecule has 3 aromatic rings. The smallest absolute Gasteiger partial charge is 0.226 e. The van der Waals surface area contributed by atoms with Crippen molar-refractivity contribution < 1.29 is 0 Å². The van der Waals surface area contributed by atoms with E-state index < -0.39 is 0 Å². The molecule has 19 heavy (non-hydrogen) atoms. The maximum atomic E-state index is 4.56. The molecule has 0 aliphatic carbocycles. The molecule has 6 heteroatoms. The lowest BCUT2D eigenvalue weighted by Crippen LogP contribution is -2.04. The van der Waals surface area contributed by atoms with Crippen LogP contribution in [-0.4, -0.2) is 16.5 Å². The fourth-order valence-corrected chi connectivity index (χ4v) is 3.31. The standard InChI is InChI=1S/C13H14N4S2/c1-3-14-13-16-11(15-9-4-5-18-7-9)10-6-8(2)19-12(10)17-13/h4-7H,3H2,1-2H3,(H2,14,15,16,17). The van der Waals surface area contributed by atoms with E-state index in [1.165, 1.54) is 4.88 Å². The average molecular weight is 290 g/mol. The Hall–Kier alpha value is -1.66. The van der Waals surface area contributed by atoms with Crippen molar-refractivity contribution in [2.75, 3.05) is 17.2 Å². The van der Waals surface area contributed by atoms with Crippen molar-refractivity contribution in [3.05, 3.63) is 27.8 Å². The van der Waals surface area contributed by atoms with E-state index in [9.17, 15) is 0 Å². The van der Waals surface area contributed by atoms with E-state index in [0.717, 1.165) is 28.3 Å². The Kier molecular flexibility index (Phi) is 3.35. The lowest BCUT2D eigenvalue weighted by Gasteiger charge is -2.07. The predicted octanol–water partition coefficient (Wildman–Crippen LogP) is 4.24. The Labute approximate surface area is 119 Å². The summed E-state index contributed by atoms with van der Waals surface area (Å²) in [5.41, 5.74) is 1.07. The Morgan fingerprint density at radius 1 is 1.32 bits per heavy atom. The minimum Gasteiger partial charge on any atom is -0.354 e. The van der Waals surface area contributed by atoms with Crippen LogP contribution in [0.3, 0.4) is 0 Å². The van der Waals surface area contributed by atoms with Crippen LogP contribution >= 0.6 is 22.7 Å². The molecule has 0 amide bonds. The van der Waals surface area contributed by atoms with E-state index in [0.29, 0.717) is 5.95 Å². The van der Waals surface area contributed by atoms with E-state index in [2.05, 4.69) is 39.0 Å². The van der Waals surface area contributed by atoms with E-state index in [4.69, 9.17) is 0 Å². The number of aryl methyl sites for hydroxylation is 1. The summed E-state index contributed by atoms with van der Waals surface area (Å²) < 4.78 is 0. The number of hydrogen-bond acceptors (Lipinski definition) is 6. The predicted molar refractivity (Wildman–Crippen MR) is 83.9 cm³/mol. The highest BCUT2D eigenvalue weighted by Gasteiger charge is 2.10. The number of anilines is 3. The van der Waals surface area contributed by atoms with Crippen molar-refractivity contribution in [1.82, 2.24) is 9.97 Å². The molecule has 0 radical (unpaired) electrons. The molecule has 4 nitrogen and oxygen atoms in total. The molecular formula is C13H14N4S2. The van der Waals surface area contributed by atoms with Gasteiger partial charge in [-0.3, -0.25) is 0 Å². The van der Waals surface area contributed by atoms with Crippen molar-refractivity contribution in [3.8, 4) is 0 Å². The summed E-state index contributed by atoms with van der Waals surface area (Å²) in [7, 11) is 0. The fraction of sp³-hybridized carbons (Fsp3) is 0.231. The van der Waals surface area contributed by atoms with E-state index in [1.807, 2.05) is 18.4 Å². The number of aromatic nitrogens is 2. The molecule has 3 heterocycles. The van der Waals surface area contributed by atoms with Gasteiger partial charge in [-0.2, -0.15) is 16.3 Å². The summed E-state index contributed by atoms with van der Waals surface area (Å²) in [4.78, 5) is 11.3. The first-order chi connectivity index (χ1) is 9.26. The highest BCUT2D eigenvalue weighted by atomic mass is 32.1. The monoisotopic (exact) mass is 290 g/mol. The SMILES string of the molecule is CCNc1nc(Nc2ccsc2)c2cc(C)sc2n1. The normalized spacial score (nSPS) is 10.8. The number of thiophene rings is 2. The molecule has 0 aliphatic rings. The summed E-state index contributed by atoms with van der Waals surface area (Å²) in [6, 6.07) is 4.18. The number of hydrogen-bond donors (Lipinski definition) is 2. The van der Waals surface area contributed by atoms with Gasteiger partial charge in [0.2, 0.25) is 5.95 Å². The molecule has 98 valence electrons. The molecule has 0 saturated carbocycles. The van der Waals surface area contributed by atoms with Gasteiger partial charge in [0.1, 0.15) is 10.6 Å². The van der Waals surface area contributed by atoms with Crippen LogP contribution in [0.4, 0.5) is 17.5 Å². The highest BCUT2D eigenvalue weighted by molar-refractivity contribution is 7.18. The number of nitrogens with zero attached hydrogens (tertiary/aromatic N) is 2. The van der Waals surface area contributed by atoms with Gasteiger partial charge in [-0.1, -0.05) is 0 Å². The fourth-order valence-electron chi connectivity index (χ4n) is 1.85. The minimum absolute atomic E-state index is 0.676. The molecule has 0 fully saturated rings. The van der Waals surface area contributed by atoms with Gasteiger partial charge in [-0.05, 0) is 31.4 Å². The third-order valence-electron chi connectivity index (χ3n) is 2.63. The van der Waals surface area contributed by atoms with Gasteiger partial charge >= 0.3 is 0 Å². The number of nitrogens with one attached hydrogen (secondary N) is 2. The largest absolute Gasteiger partial charge is 0.354 e. The van der Waals surface area contributed by atoms with Gasteiger partial charge in [0.15, 0.2) is 0 Å². The van der Waals surface area contributed by atoms with Crippen LogP contribution < -0.4 is 10.6 Å². The topological polar surface area (TPSA) is 49.8 Å². The van der Waals surface area contributed by atoms with Gasteiger partial charge in [-0.25, -0.2) is 4.98 Å². The molecule has 0 spiro atoms. The van der Waals surface area contributed by atoms with Crippen molar-refractivity contribution in [2.24, 2.45) is 0 Å². The second-order valence-electron chi connectivity index (χ2n) is 4.14. The summed E-state index contributed by atoms with van der Waals surface area (Å²) in [5, 5.41) is 11.7. The van der Waals surface area contributed by atoms with Crippen LogP contribution in [0.1, 0.15) is 11.8 Å². The minimum atomic E-state index is 0.676. The third-order valence-corrected chi connectivity index (χ3v) is 4.26. The van der Waals surface area contributed by atoms with Gasteiger partial charge in [0.25, 0.3) is 0 Å². The Morgan fingerprint density at radius 3 is 2.95 bits per heavy atom. The van der Waals surface area contributed by atoms with Crippen molar-refractivity contribution in [1.29, 1.82) is 0 Å². The second-order valence-corrected chi connectivity index (χ2v) is 6.15. The van der Waals surface area contributed by atoms with Gasteiger partial charge < -0.3 is 10.6 Å². The molecule has 0 unspecified atom stereocenters. The highest BCUT2D eigenvalue weighted by Crippen LogP contribution is 2.31. The van der Waals surface area contributed by atoms with E-state index in [-0.39, 0.29) is 0 Å². The van der Waals surface area contributed by atoms with Crippen LogP contribution in [0.15, 0.2) is 22.9 Å². The van der Waals surface area contributed by atoms with Gasteiger partial charge in [-0.15, -0.1) is 11.3 Å². The van der Waals surface area contributed by atoms with Gasteiger partial charge in [0, 0.05) is 16.8 Å². The first kappa shape index (κ1) is 12.4. The van der Waals surface area contributed by atoms with Crippen molar-refractivity contribution >= 4 is 50.3 Å². The third kappa shape index (κ3) is 2.54. The number of rotatable bonds is 4. The van der Waals surface area contributed by atoms with Crippen LogP contribution in [0.2, 0.25) is 0 Å². The van der Waals surface area contributed by atoms with Crippen molar-refractivity contribution in [3.63, 3.8) is 0 Å². The lowest BCUT2D eigenvalue weighted by molar-refractivity contribution is 1.11. The van der Waals surface area contributed by atoms with Crippen LogP contribution in [0.5, 0.6) is 0 Å². The quantitative estimate of drug-likeness (QED) is 0.754. The molecule has 0 aromatic carbocycles. The summed E-state index contributed by atoms with van der Waals surface area (Å²) in [6.45, 7) is 4.95. The number of fused-ring (bicyclic) bond motifs is 1. The first-order valence-electron chi connectivity index (χ1n) is 6.07. The van der Waals surface area contributed by atoms with Crippen LogP contribution in [0.25, 0.3) is 10.2 Å². The maximum Gasteiger partial charge on any atom is 0.226 e. The average Bonchev–Trinajstić information content (AvgIpc) is 2.98. The molecule has 0 bridgehead atoms. The summed E-state index contributed by atoms with van der Waals surface area (Å²) in [6.07, 6.45) is 0. The van der Waals surface area contributed by atoms with Crippen LogP contribution in [-0.2, 0) is 0 Å². The first-order valence-corrected chi connectivity index (χ1v) is 7.83. The van der Waals surface area contributed by atoms with E-state index in [1.54, 1.807) is 22.7 Å². The molecule has 0 atom stereocenters. The molecular weight excluding hydrogens is 276 g/mol. The van der Waals surface area contributed by atoms with Crippen molar-refractivity contribution in [2.45, 2.75) is 13.8 Å². The Morgan fingerprint density at radius 2 is 2.21 bits per heavy atom. The zero-order valence-corrected chi connectivity index (χ0v) is 12.4. The summed E-state index contributed by atoms with van der Waals surface area (Å²) >= 11 is 3.36. The maximum absolute atomic E-state index is 4.56. The molecule has 3 aromatic heterocycles. The zero-order valence-electron chi connectivity index (χ0n) is 10.7. The Bertz CT molecular complexity index is 688. The molecule has 0 saturated heterocycles. The zero-order chi connectivity index (χ0) is 13.2. The van der Waals surface area contributed by atoms with E-state index >= 15 is 0 Å². The molecule has 0 aliphatic heterocycles. The second kappa shape index (κ2) is 5.14. The van der Waals surface area contributed by atoms with Crippen LogP contribution in [0, 0.1) is 6.92 Å². The van der Waals surface area contributed by atoms with Gasteiger partial charge in [0.05, 0.1) is 11.1 Å². The molecule has 2 N–H and O–H groups in total. The lowest BCUT2D eigenvalue weighted by atomic mass is 10.3.